The number of benzene rings is 2. The van der Waals surface area contributed by atoms with Crippen molar-refractivity contribution >= 4 is 17.2 Å². The summed E-state index contributed by atoms with van der Waals surface area (Å²) in [7, 11) is 1.65. The summed E-state index contributed by atoms with van der Waals surface area (Å²) in [5, 5.41) is 5.95. The third-order valence-electron chi connectivity index (χ3n) is 4.15. The highest BCUT2D eigenvalue weighted by atomic mass is 32.1. The lowest BCUT2D eigenvalue weighted by atomic mass is 10.2. The minimum atomic E-state index is -0.127. The van der Waals surface area contributed by atoms with Gasteiger partial charge in [-0.3, -0.25) is 4.79 Å². The van der Waals surface area contributed by atoms with Crippen LogP contribution in [-0.2, 0) is 6.42 Å². The minimum Gasteiger partial charge on any atom is -0.497 e. The number of carbonyl (C=O) groups excluding carboxylic acids is 1. The molecule has 1 heterocycles. The topological polar surface area (TPSA) is 60.5 Å². The quantitative estimate of drug-likeness (QED) is 0.575. The van der Waals surface area contributed by atoms with E-state index in [2.05, 4.69) is 10.3 Å². The average molecular weight is 397 g/mol. The number of ether oxygens (including phenoxy) is 2. The van der Waals surface area contributed by atoms with Crippen LogP contribution in [0, 0.1) is 0 Å². The molecule has 28 heavy (non-hydrogen) atoms. The van der Waals surface area contributed by atoms with Crippen molar-refractivity contribution in [3.63, 3.8) is 0 Å². The molecule has 0 aliphatic heterocycles. The van der Waals surface area contributed by atoms with E-state index >= 15 is 0 Å². The molecule has 3 rings (SSSR count). The second-order valence-corrected chi connectivity index (χ2v) is 7.08. The maximum absolute atomic E-state index is 12.5. The lowest BCUT2D eigenvalue weighted by Crippen LogP contribution is -2.26. The van der Waals surface area contributed by atoms with Crippen LogP contribution in [0.3, 0.4) is 0 Å². The second kappa shape index (κ2) is 9.90. The molecule has 0 spiro atoms. The number of nitrogens with zero attached hydrogens (tertiary/aromatic N) is 1. The normalized spacial score (nSPS) is 10.5. The van der Waals surface area contributed by atoms with Crippen LogP contribution in [0.15, 0.2) is 53.9 Å². The van der Waals surface area contributed by atoms with Gasteiger partial charge in [-0.1, -0.05) is 19.1 Å². The van der Waals surface area contributed by atoms with Crippen LogP contribution >= 0.6 is 11.3 Å². The molecule has 1 aromatic heterocycles. The molecule has 0 unspecified atom stereocenters. The van der Waals surface area contributed by atoms with E-state index in [1.54, 1.807) is 24.5 Å². The summed E-state index contributed by atoms with van der Waals surface area (Å²) in [6.07, 6.45) is 1.58. The predicted molar refractivity (Wildman–Crippen MR) is 112 cm³/mol. The summed E-state index contributed by atoms with van der Waals surface area (Å²) in [6, 6.07) is 15.2. The van der Waals surface area contributed by atoms with Crippen LogP contribution in [-0.4, -0.2) is 31.2 Å². The zero-order valence-corrected chi connectivity index (χ0v) is 16.9. The van der Waals surface area contributed by atoms with Gasteiger partial charge in [0.25, 0.3) is 5.91 Å². The fourth-order valence-electron chi connectivity index (χ4n) is 2.68. The summed E-state index contributed by atoms with van der Waals surface area (Å²) in [4.78, 5) is 17.2. The van der Waals surface area contributed by atoms with Crippen LogP contribution in [0.25, 0.3) is 10.6 Å². The smallest absolute Gasteiger partial charge is 0.255 e. The summed E-state index contributed by atoms with van der Waals surface area (Å²) >= 11 is 1.60. The Morgan fingerprint density at radius 2 is 1.93 bits per heavy atom. The molecule has 6 heteroatoms. The Morgan fingerprint density at radius 3 is 2.68 bits per heavy atom. The number of hydrogen-bond acceptors (Lipinski definition) is 5. The van der Waals surface area contributed by atoms with E-state index in [4.69, 9.17) is 9.47 Å². The van der Waals surface area contributed by atoms with Crippen molar-refractivity contribution in [1.29, 1.82) is 0 Å². The first-order valence-corrected chi connectivity index (χ1v) is 10.2. The Labute approximate surface area is 169 Å². The number of hydrogen-bond donors (Lipinski definition) is 1. The molecule has 0 saturated carbocycles. The Kier molecular flexibility index (Phi) is 7.03. The van der Waals surface area contributed by atoms with Crippen molar-refractivity contribution in [2.75, 3.05) is 20.3 Å². The molecule has 0 bridgehead atoms. The Balaban J connectivity index is 1.55. The first kappa shape index (κ1) is 19.9. The number of para-hydroxylation sites is 1. The Bertz CT molecular complexity index is 906. The van der Waals surface area contributed by atoms with Gasteiger partial charge in [-0.15, -0.1) is 11.3 Å². The van der Waals surface area contributed by atoms with Gasteiger partial charge in [0.15, 0.2) is 0 Å². The molecule has 0 fully saturated rings. The largest absolute Gasteiger partial charge is 0.497 e. The van der Waals surface area contributed by atoms with Gasteiger partial charge in [-0.05, 0) is 42.8 Å². The highest BCUT2D eigenvalue weighted by Gasteiger charge is 2.12. The monoisotopic (exact) mass is 396 g/mol. The van der Waals surface area contributed by atoms with E-state index in [0.29, 0.717) is 30.9 Å². The molecule has 1 amide bonds. The molecular formula is C22H24N2O3S. The van der Waals surface area contributed by atoms with Gasteiger partial charge in [0.1, 0.15) is 16.5 Å². The van der Waals surface area contributed by atoms with Gasteiger partial charge >= 0.3 is 0 Å². The van der Waals surface area contributed by atoms with Gasteiger partial charge in [-0.2, -0.15) is 0 Å². The fourth-order valence-corrected chi connectivity index (χ4v) is 3.54. The fraction of sp³-hybridized carbons (Fsp3) is 0.273. The zero-order chi connectivity index (χ0) is 19.8. The number of nitrogens with one attached hydrogen (secondary N) is 1. The van der Waals surface area contributed by atoms with E-state index in [-0.39, 0.29) is 5.91 Å². The van der Waals surface area contributed by atoms with Crippen molar-refractivity contribution in [2.24, 2.45) is 0 Å². The molecule has 5 nitrogen and oxygen atoms in total. The van der Waals surface area contributed by atoms with Crippen LogP contribution in [0.2, 0.25) is 0 Å². The van der Waals surface area contributed by atoms with Crippen LogP contribution < -0.4 is 14.8 Å². The van der Waals surface area contributed by atoms with Crippen LogP contribution in [0.5, 0.6) is 11.5 Å². The van der Waals surface area contributed by atoms with E-state index in [0.717, 1.165) is 28.4 Å². The maximum atomic E-state index is 12.5. The third kappa shape index (κ3) is 5.10. The standard InChI is InChI=1S/C22H24N2O3S/c1-3-14-27-20-7-5-4-6-19(20)21(25)23-13-12-17-15-28-22(24-17)16-8-10-18(26-2)11-9-16/h4-11,15H,3,12-14H2,1-2H3,(H,23,25). The van der Waals surface area contributed by atoms with Crippen molar-refractivity contribution in [3.8, 4) is 22.1 Å². The van der Waals surface area contributed by atoms with Gasteiger partial charge in [0.05, 0.1) is 25.0 Å². The summed E-state index contributed by atoms with van der Waals surface area (Å²) in [5.74, 6) is 1.32. The number of amides is 1. The van der Waals surface area contributed by atoms with E-state index in [9.17, 15) is 4.79 Å². The number of aromatic nitrogens is 1. The summed E-state index contributed by atoms with van der Waals surface area (Å²) < 4.78 is 10.8. The van der Waals surface area contributed by atoms with Crippen molar-refractivity contribution in [3.05, 3.63) is 65.2 Å². The molecule has 2 aromatic carbocycles. The zero-order valence-electron chi connectivity index (χ0n) is 16.1. The SMILES string of the molecule is CCCOc1ccccc1C(=O)NCCc1csc(-c2ccc(OC)cc2)n1. The first-order valence-electron chi connectivity index (χ1n) is 9.30. The second-order valence-electron chi connectivity index (χ2n) is 6.22. The number of rotatable bonds is 9. The highest BCUT2D eigenvalue weighted by Crippen LogP contribution is 2.25. The van der Waals surface area contributed by atoms with Gasteiger partial charge in [-0.25, -0.2) is 4.98 Å². The molecule has 0 aliphatic carbocycles. The minimum absolute atomic E-state index is 0.127. The lowest BCUT2D eigenvalue weighted by Gasteiger charge is -2.10. The van der Waals surface area contributed by atoms with E-state index in [1.165, 1.54) is 0 Å². The molecule has 146 valence electrons. The summed E-state index contributed by atoms with van der Waals surface area (Å²) in [6.45, 7) is 3.15. The Hall–Kier alpha value is -2.86. The van der Waals surface area contributed by atoms with Gasteiger partial charge in [0.2, 0.25) is 0 Å². The van der Waals surface area contributed by atoms with Gasteiger partial charge < -0.3 is 14.8 Å². The average Bonchev–Trinajstić information content (AvgIpc) is 3.21. The Morgan fingerprint density at radius 1 is 1.14 bits per heavy atom. The van der Waals surface area contributed by atoms with Crippen LogP contribution in [0.4, 0.5) is 0 Å². The van der Waals surface area contributed by atoms with E-state index < -0.39 is 0 Å². The third-order valence-corrected chi connectivity index (χ3v) is 5.09. The molecule has 0 aliphatic rings. The van der Waals surface area contributed by atoms with Crippen molar-refractivity contribution in [2.45, 2.75) is 19.8 Å². The first-order chi connectivity index (χ1) is 13.7. The molecular weight excluding hydrogens is 372 g/mol. The van der Waals surface area contributed by atoms with Crippen LogP contribution in [0.1, 0.15) is 29.4 Å². The summed E-state index contributed by atoms with van der Waals surface area (Å²) in [5.41, 5.74) is 2.59. The van der Waals surface area contributed by atoms with Crippen molar-refractivity contribution < 1.29 is 14.3 Å². The molecule has 0 atom stereocenters. The lowest BCUT2D eigenvalue weighted by molar-refractivity contribution is 0.0950. The number of thiazole rings is 1. The number of methoxy groups -OCH3 is 1. The number of carbonyl (C=O) groups is 1. The molecule has 0 radical (unpaired) electrons. The maximum Gasteiger partial charge on any atom is 0.255 e. The van der Waals surface area contributed by atoms with Crippen molar-refractivity contribution in [1.82, 2.24) is 10.3 Å². The predicted octanol–water partition coefficient (Wildman–Crippen LogP) is 4.58. The molecule has 3 aromatic rings. The highest BCUT2D eigenvalue weighted by molar-refractivity contribution is 7.13. The van der Waals surface area contributed by atoms with Gasteiger partial charge in [0, 0.05) is 23.9 Å². The van der Waals surface area contributed by atoms with E-state index in [1.807, 2.05) is 54.8 Å². The molecule has 0 saturated heterocycles. The molecule has 1 N–H and O–H groups in total.